The maximum absolute atomic E-state index is 12.3. The van der Waals surface area contributed by atoms with Crippen LogP contribution in [0, 0.1) is 0 Å². The van der Waals surface area contributed by atoms with Gasteiger partial charge < -0.3 is 14.5 Å². The van der Waals surface area contributed by atoms with Crippen LogP contribution in [-0.2, 0) is 11.9 Å². The second kappa shape index (κ2) is 5.14. The molecule has 0 radical (unpaired) electrons. The molecule has 0 aliphatic heterocycles. The fourth-order valence-corrected chi connectivity index (χ4v) is 2.01. The second-order valence-corrected chi connectivity index (χ2v) is 4.20. The summed E-state index contributed by atoms with van der Waals surface area (Å²) in [5.41, 5.74) is 0.926. The SMILES string of the molecule is CCO/N=C(\C)c1c(O)c2ccccc2n(C)c1=O. The quantitative estimate of drug-likeness (QED) is 0.678. The summed E-state index contributed by atoms with van der Waals surface area (Å²) >= 11 is 0. The Hall–Kier alpha value is -2.30. The van der Waals surface area contributed by atoms with Crippen LogP contribution in [0.2, 0.25) is 0 Å². The van der Waals surface area contributed by atoms with E-state index < -0.39 is 0 Å². The minimum absolute atomic E-state index is 0.0559. The van der Waals surface area contributed by atoms with Gasteiger partial charge in [-0.3, -0.25) is 4.79 Å². The summed E-state index contributed by atoms with van der Waals surface area (Å²) in [6.07, 6.45) is 0. The molecular formula is C14H16N2O3. The van der Waals surface area contributed by atoms with Crippen molar-refractivity contribution in [3.05, 3.63) is 40.2 Å². The highest BCUT2D eigenvalue weighted by atomic mass is 16.6. The lowest BCUT2D eigenvalue weighted by atomic mass is 10.1. The molecule has 2 aromatic rings. The molecule has 5 nitrogen and oxygen atoms in total. The first-order valence-corrected chi connectivity index (χ1v) is 6.05. The molecule has 0 saturated heterocycles. The van der Waals surface area contributed by atoms with Gasteiger partial charge in [-0.05, 0) is 26.0 Å². The van der Waals surface area contributed by atoms with Crippen LogP contribution in [0.15, 0.2) is 34.2 Å². The standard InChI is InChI=1S/C14H16N2O3/c1-4-19-15-9(2)12-13(17)10-7-5-6-8-11(10)16(3)14(12)18/h5-8,17H,4H2,1-3H3/b15-9+. The smallest absolute Gasteiger partial charge is 0.263 e. The number of oxime groups is 1. The average Bonchev–Trinajstić information content (AvgIpc) is 2.43. The maximum Gasteiger partial charge on any atom is 0.263 e. The Morgan fingerprint density at radius 3 is 2.79 bits per heavy atom. The van der Waals surface area contributed by atoms with Crippen LogP contribution < -0.4 is 5.56 Å². The normalized spacial score (nSPS) is 11.8. The Kier molecular flexibility index (Phi) is 3.55. The largest absolute Gasteiger partial charge is 0.506 e. The highest BCUT2D eigenvalue weighted by Crippen LogP contribution is 2.26. The van der Waals surface area contributed by atoms with Crippen LogP contribution in [0.25, 0.3) is 10.9 Å². The minimum atomic E-state index is -0.294. The lowest BCUT2D eigenvalue weighted by Crippen LogP contribution is -2.24. The molecule has 1 heterocycles. The predicted molar refractivity (Wildman–Crippen MR) is 74.7 cm³/mol. The minimum Gasteiger partial charge on any atom is -0.506 e. The van der Waals surface area contributed by atoms with Crippen LogP contribution in [-0.4, -0.2) is 22.0 Å². The molecule has 19 heavy (non-hydrogen) atoms. The first-order valence-electron chi connectivity index (χ1n) is 6.05. The van der Waals surface area contributed by atoms with E-state index in [9.17, 15) is 9.90 Å². The van der Waals surface area contributed by atoms with E-state index in [2.05, 4.69) is 5.16 Å². The number of para-hydroxylation sites is 1. The zero-order valence-corrected chi connectivity index (χ0v) is 11.2. The van der Waals surface area contributed by atoms with Crippen molar-refractivity contribution in [3.63, 3.8) is 0 Å². The fourth-order valence-electron chi connectivity index (χ4n) is 2.01. The first-order chi connectivity index (χ1) is 9.07. The van der Waals surface area contributed by atoms with Crippen LogP contribution in [0.5, 0.6) is 5.75 Å². The van der Waals surface area contributed by atoms with E-state index in [1.54, 1.807) is 33.0 Å². The van der Waals surface area contributed by atoms with Crippen molar-refractivity contribution in [1.29, 1.82) is 0 Å². The zero-order chi connectivity index (χ0) is 14.0. The van der Waals surface area contributed by atoms with Gasteiger partial charge in [0.05, 0.1) is 11.2 Å². The van der Waals surface area contributed by atoms with Crippen LogP contribution in [0.1, 0.15) is 19.4 Å². The van der Waals surface area contributed by atoms with Crippen LogP contribution in [0.4, 0.5) is 0 Å². The van der Waals surface area contributed by atoms with Crippen LogP contribution >= 0.6 is 0 Å². The lowest BCUT2D eigenvalue weighted by Gasteiger charge is -2.11. The average molecular weight is 260 g/mol. The molecule has 1 aromatic carbocycles. The van der Waals surface area contributed by atoms with E-state index in [1.807, 2.05) is 12.1 Å². The molecule has 1 aromatic heterocycles. The summed E-state index contributed by atoms with van der Waals surface area (Å²) in [5.74, 6) is -0.0559. The topological polar surface area (TPSA) is 63.8 Å². The first kappa shape index (κ1) is 13.1. The van der Waals surface area contributed by atoms with Crippen molar-refractivity contribution in [2.24, 2.45) is 12.2 Å². The van der Waals surface area contributed by atoms with Crippen molar-refractivity contribution in [2.75, 3.05) is 6.61 Å². The van der Waals surface area contributed by atoms with Gasteiger partial charge in [-0.2, -0.15) is 0 Å². The molecule has 100 valence electrons. The number of aromatic hydroxyl groups is 1. The van der Waals surface area contributed by atoms with E-state index in [-0.39, 0.29) is 16.9 Å². The van der Waals surface area contributed by atoms with Gasteiger partial charge in [-0.25, -0.2) is 0 Å². The van der Waals surface area contributed by atoms with Gasteiger partial charge in [-0.15, -0.1) is 0 Å². The molecule has 0 aliphatic carbocycles. The monoisotopic (exact) mass is 260 g/mol. The van der Waals surface area contributed by atoms with Crippen LogP contribution in [0.3, 0.4) is 0 Å². The molecule has 0 amide bonds. The molecular weight excluding hydrogens is 244 g/mol. The van der Waals surface area contributed by atoms with Crippen molar-refractivity contribution >= 4 is 16.6 Å². The van der Waals surface area contributed by atoms with Gasteiger partial charge in [0, 0.05) is 12.4 Å². The van der Waals surface area contributed by atoms with Gasteiger partial charge >= 0.3 is 0 Å². The molecule has 0 fully saturated rings. The zero-order valence-electron chi connectivity index (χ0n) is 11.2. The molecule has 0 bridgehead atoms. The molecule has 2 rings (SSSR count). The Balaban J connectivity index is 2.79. The number of aryl methyl sites for hydroxylation is 1. The van der Waals surface area contributed by atoms with E-state index in [1.165, 1.54) is 4.57 Å². The fraction of sp³-hybridized carbons (Fsp3) is 0.286. The van der Waals surface area contributed by atoms with Crippen molar-refractivity contribution in [2.45, 2.75) is 13.8 Å². The molecule has 0 spiro atoms. The van der Waals surface area contributed by atoms with Crippen molar-refractivity contribution < 1.29 is 9.94 Å². The molecule has 0 aliphatic rings. The van der Waals surface area contributed by atoms with E-state index >= 15 is 0 Å². The molecule has 0 saturated carbocycles. The summed E-state index contributed by atoms with van der Waals surface area (Å²) in [7, 11) is 1.67. The number of nitrogens with zero attached hydrogens (tertiary/aromatic N) is 2. The Labute approximate surface area is 110 Å². The summed E-state index contributed by atoms with van der Waals surface area (Å²) in [6.45, 7) is 3.85. The molecule has 1 N–H and O–H groups in total. The second-order valence-electron chi connectivity index (χ2n) is 4.20. The summed E-state index contributed by atoms with van der Waals surface area (Å²) < 4.78 is 1.50. The number of hydrogen-bond acceptors (Lipinski definition) is 4. The highest BCUT2D eigenvalue weighted by molar-refractivity contribution is 6.04. The van der Waals surface area contributed by atoms with E-state index in [4.69, 9.17) is 4.84 Å². The summed E-state index contributed by atoms with van der Waals surface area (Å²) in [5, 5.41) is 14.7. The Bertz CT molecular complexity index is 702. The van der Waals surface area contributed by atoms with Gasteiger partial charge in [0.2, 0.25) is 0 Å². The Morgan fingerprint density at radius 2 is 2.11 bits per heavy atom. The molecule has 5 heteroatoms. The molecule has 0 unspecified atom stereocenters. The maximum atomic E-state index is 12.3. The number of hydrogen-bond donors (Lipinski definition) is 1. The number of aromatic nitrogens is 1. The number of fused-ring (bicyclic) bond motifs is 1. The number of pyridine rings is 1. The number of benzene rings is 1. The van der Waals surface area contributed by atoms with Gasteiger partial charge in [-0.1, -0.05) is 17.3 Å². The van der Waals surface area contributed by atoms with E-state index in [0.29, 0.717) is 23.2 Å². The Morgan fingerprint density at radius 1 is 1.42 bits per heavy atom. The summed E-state index contributed by atoms with van der Waals surface area (Å²) in [6, 6.07) is 7.18. The van der Waals surface area contributed by atoms with Gasteiger partial charge in [0.1, 0.15) is 17.9 Å². The van der Waals surface area contributed by atoms with E-state index in [0.717, 1.165) is 0 Å². The lowest BCUT2D eigenvalue weighted by molar-refractivity contribution is 0.159. The molecule has 0 atom stereocenters. The highest BCUT2D eigenvalue weighted by Gasteiger charge is 2.16. The van der Waals surface area contributed by atoms with Crippen molar-refractivity contribution in [3.8, 4) is 5.75 Å². The van der Waals surface area contributed by atoms with Gasteiger partial charge in [0.15, 0.2) is 0 Å². The number of rotatable bonds is 3. The third kappa shape index (κ3) is 2.19. The van der Waals surface area contributed by atoms with Gasteiger partial charge in [0.25, 0.3) is 5.56 Å². The third-order valence-corrected chi connectivity index (χ3v) is 2.97. The summed E-state index contributed by atoms with van der Waals surface area (Å²) in [4.78, 5) is 17.2. The third-order valence-electron chi connectivity index (χ3n) is 2.97. The van der Waals surface area contributed by atoms with Crippen molar-refractivity contribution in [1.82, 2.24) is 4.57 Å². The predicted octanol–water partition coefficient (Wildman–Crippen LogP) is 2.00.